The Hall–Kier alpha value is -9.87. The third kappa shape index (κ3) is 6.65. The Kier molecular flexibility index (Phi) is 9.51. The van der Waals surface area contributed by atoms with E-state index in [4.69, 9.17) is 9.97 Å². The van der Waals surface area contributed by atoms with Crippen LogP contribution in [0.3, 0.4) is 0 Å². The lowest BCUT2D eigenvalue weighted by molar-refractivity contribution is 1.10. The van der Waals surface area contributed by atoms with Crippen molar-refractivity contribution in [2.24, 2.45) is 0 Å². The van der Waals surface area contributed by atoms with Crippen molar-refractivity contribution in [2.45, 2.75) is 0 Å². The van der Waals surface area contributed by atoms with Gasteiger partial charge >= 0.3 is 0 Å². The number of benzene rings is 9. The fourth-order valence-electron chi connectivity index (χ4n) is 9.63. The van der Waals surface area contributed by atoms with E-state index >= 15 is 0 Å². The highest BCUT2D eigenvalue weighted by Crippen LogP contribution is 2.44. The minimum atomic E-state index is 0.474. The number of para-hydroxylation sites is 2. The zero-order chi connectivity index (χ0) is 45.7. The minimum absolute atomic E-state index is 0.474. The van der Waals surface area contributed by atoms with Crippen LogP contribution in [0.25, 0.3) is 111 Å². The standard InChI is InChI=1S/C61H35N7/c62-36-39-19-23-42(24-20-39)46-27-29-56-50(33-46)48-15-7-9-17-54(48)67(56)58-31-41(38-64)32-59(60(58)61-65-52(44-11-3-1-4-12-44)35-53(66-61)45-13-5-2-6-14-45)68-55-18-10-8-16-49(55)51-34-47(28-30-57(51)68)43-25-21-40(37-63)22-26-43/h1-35H. The first kappa shape index (κ1) is 39.7. The molecule has 12 rings (SSSR count). The van der Waals surface area contributed by atoms with Crippen LogP contribution >= 0.6 is 0 Å². The summed E-state index contributed by atoms with van der Waals surface area (Å²) in [6.45, 7) is 0. The van der Waals surface area contributed by atoms with E-state index in [-0.39, 0.29) is 0 Å². The summed E-state index contributed by atoms with van der Waals surface area (Å²) in [6, 6.07) is 78.4. The molecule has 0 unspecified atom stereocenters. The van der Waals surface area contributed by atoms with E-state index in [0.717, 1.165) is 105 Å². The lowest BCUT2D eigenvalue weighted by Crippen LogP contribution is -2.07. The number of fused-ring (bicyclic) bond motifs is 6. The first-order valence-corrected chi connectivity index (χ1v) is 22.2. The Morgan fingerprint density at radius 2 is 0.691 bits per heavy atom. The number of aromatic nitrogens is 4. The van der Waals surface area contributed by atoms with Crippen molar-refractivity contribution in [2.75, 3.05) is 0 Å². The first-order valence-electron chi connectivity index (χ1n) is 22.2. The highest BCUT2D eigenvalue weighted by atomic mass is 15.0. The Labute approximate surface area is 391 Å². The summed E-state index contributed by atoms with van der Waals surface area (Å²) >= 11 is 0. The molecule has 3 aromatic heterocycles. The molecule has 12 aromatic rings. The molecule has 7 nitrogen and oxygen atoms in total. The van der Waals surface area contributed by atoms with Crippen LogP contribution in [-0.4, -0.2) is 19.1 Å². The maximum atomic E-state index is 11.0. The molecule has 7 heteroatoms. The molecule has 0 aliphatic rings. The van der Waals surface area contributed by atoms with Gasteiger partial charge in [0.25, 0.3) is 0 Å². The molecule has 314 valence electrons. The Balaban J connectivity index is 1.21. The normalized spacial score (nSPS) is 11.2. The van der Waals surface area contributed by atoms with Gasteiger partial charge in [-0.05, 0) is 101 Å². The second kappa shape index (κ2) is 16.3. The largest absolute Gasteiger partial charge is 0.308 e. The van der Waals surface area contributed by atoms with Gasteiger partial charge in [-0.15, -0.1) is 0 Å². The van der Waals surface area contributed by atoms with Crippen LogP contribution in [0.4, 0.5) is 0 Å². The summed E-state index contributed by atoms with van der Waals surface area (Å²) in [5, 5.41) is 34.2. The molecule has 0 N–H and O–H groups in total. The van der Waals surface area contributed by atoms with Gasteiger partial charge in [0, 0.05) is 32.7 Å². The first-order chi connectivity index (χ1) is 33.6. The Morgan fingerprint density at radius 3 is 1.12 bits per heavy atom. The third-order valence-electron chi connectivity index (χ3n) is 12.8. The zero-order valence-corrected chi connectivity index (χ0v) is 36.3. The molecular formula is C61H35N7. The molecule has 0 fully saturated rings. The molecule has 0 saturated carbocycles. The number of hydrogen-bond acceptors (Lipinski definition) is 5. The molecule has 0 aliphatic heterocycles. The Morgan fingerprint density at radius 1 is 0.309 bits per heavy atom. The smallest absolute Gasteiger partial charge is 0.164 e. The third-order valence-corrected chi connectivity index (χ3v) is 12.8. The number of nitriles is 3. The fraction of sp³-hybridized carbons (Fsp3) is 0. The van der Waals surface area contributed by atoms with E-state index in [2.05, 4.69) is 124 Å². The maximum Gasteiger partial charge on any atom is 0.164 e. The molecule has 68 heavy (non-hydrogen) atoms. The highest BCUT2D eigenvalue weighted by Gasteiger charge is 2.26. The van der Waals surface area contributed by atoms with Gasteiger partial charge < -0.3 is 9.13 Å². The van der Waals surface area contributed by atoms with E-state index in [1.165, 1.54) is 0 Å². The van der Waals surface area contributed by atoms with Crippen LogP contribution in [0.2, 0.25) is 0 Å². The molecular weight excluding hydrogens is 831 g/mol. The summed E-state index contributed by atoms with van der Waals surface area (Å²) in [5.41, 5.74) is 15.2. The molecule has 0 aliphatic carbocycles. The van der Waals surface area contributed by atoms with Crippen LogP contribution in [0.15, 0.2) is 212 Å². The molecule has 0 radical (unpaired) electrons. The highest BCUT2D eigenvalue weighted by molar-refractivity contribution is 6.13. The van der Waals surface area contributed by atoms with Gasteiger partial charge in [-0.25, -0.2) is 9.97 Å². The number of rotatable bonds is 7. The van der Waals surface area contributed by atoms with Crippen molar-refractivity contribution in [1.82, 2.24) is 19.1 Å². The van der Waals surface area contributed by atoms with Gasteiger partial charge in [0.05, 0.1) is 85.3 Å². The fourth-order valence-corrected chi connectivity index (χ4v) is 9.63. The van der Waals surface area contributed by atoms with Crippen molar-refractivity contribution in [1.29, 1.82) is 15.8 Å². The van der Waals surface area contributed by atoms with Gasteiger partial charge in [-0.3, -0.25) is 0 Å². The molecule has 0 atom stereocenters. The van der Waals surface area contributed by atoms with Gasteiger partial charge in [-0.1, -0.05) is 133 Å². The van der Waals surface area contributed by atoms with E-state index in [0.29, 0.717) is 22.5 Å². The molecule has 0 saturated heterocycles. The SMILES string of the molecule is N#Cc1ccc(-c2ccc3c(c2)c2ccccc2n3-c2cc(C#N)cc(-n3c4ccccc4c4cc(-c5ccc(C#N)cc5)ccc43)c2-c2nc(-c3ccccc3)cc(-c3ccccc3)n2)cc1. The van der Waals surface area contributed by atoms with Gasteiger partial charge in [0.1, 0.15) is 0 Å². The summed E-state index contributed by atoms with van der Waals surface area (Å²) in [7, 11) is 0. The van der Waals surface area contributed by atoms with E-state index in [1.54, 1.807) is 0 Å². The van der Waals surface area contributed by atoms with E-state index in [1.807, 2.05) is 115 Å². The van der Waals surface area contributed by atoms with Gasteiger partial charge in [0.15, 0.2) is 5.82 Å². The minimum Gasteiger partial charge on any atom is -0.308 e. The van der Waals surface area contributed by atoms with Crippen LogP contribution < -0.4 is 0 Å². The average molecular weight is 866 g/mol. The number of hydrogen-bond donors (Lipinski definition) is 0. The monoisotopic (exact) mass is 865 g/mol. The predicted molar refractivity (Wildman–Crippen MR) is 272 cm³/mol. The Bertz CT molecular complexity index is 3830. The maximum absolute atomic E-state index is 11.0. The molecule has 0 bridgehead atoms. The average Bonchev–Trinajstić information content (AvgIpc) is 3.93. The summed E-state index contributed by atoms with van der Waals surface area (Å²) in [6.07, 6.45) is 0. The lowest BCUT2D eigenvalue weighted by atomic mass is 10.0. The van der Waals surface area contributed by atoms with Crippen molar-refractivity contribution in [3.8, 4) is 85.7 Å². The lowest BCUT2D eigenvalue weighted by Gasteiger charge is -2.21. The van der Waals surface area contributed by atoms with E-state index in [9.17, 15) is 15.8 Å². The summed E-state index contributed by atoms with van der Waals surface area (Å²) in [5.74, 6) is 0.500. The molecule has 3 heterocycles. The van der Waals surface area contributed by atoms with Crippen molar-refractivity contribution in [3.05, 3.63) is 229 Å². The van der Waals surface area contributed by atoms with Gasteiger partial charge in [-0.2, -0.15) is 15.8 Å². The molecule has 0 amide bonds. The van der Waals surface area contributed by atoms with Crippen LogP contribution in [0.1, 0.15) is 16.7 Å². The second-order valence-electron chi connectivity index (χ2n) is 16.7. The van der Waals surface area contributed by atoms with Crippen molar-refractivity contribution >= 4 is 43.6 Å². The van der Waals surface area contributed by atoms with E-state index < -0.39 is 0 Å². The second-order valence-corrected chi connectivity index (χ2v) is 16.7. The molecule has 9 aromatic carbocycles. The number of nitrogens with zero attached hydrogens (tertiary/aromatic N) is 7. The quantitative estimate of drug-likeness (QED) is 0.159. The summed E-state index contributed by atoms with van der Waals surface area (Å²) in [4.78, 5) is 11.0. The molecule has 0 spiro atoms. The van der Waals surface area contributed by atoms with Crippen molar-refractivity contribution < 1.29 is 0 Å². The topological polar surface area (TPSA) is 107 Å². The van der Waals surface area contributed by atoms with Crippen molar-refractivity contribution in [3.63, 3.8) is 0 Å². The van der Waals surface area contributed by atoms with Crippen LogP contribution in [0.5, 0.6) is 0 Å². The van der Waals surface area contributed by atoms with Gasteiger partial charge in [0.2, 0.25) is 0 Å². The summed E-state index contributed by atoms with van der Waals surface area (Å²) < 4.78 is 4.51. The van der Waals surface area contributed by atoms with Crippen LogP contribution in [-0.2, 0) is 0 Å². The zero-order valence-electron chi connectivity index (χ0n) is 36.3. The predicted octanol–water partition coefficient (Wildman–Crippen LogP) is 14.6. The van der Waals surface area contributed by atoms with Crippen LogP contribution in [0, 0.1) is 34.0 Å².